The lowest BCUT2D eigenvalue weighted by molar-refractivity contribution is -0.383. The fraction of sp³-hybridized carbons (Fsp3) is 0.357. The first-order valence-electron chi connectivity index (χ1n) is 6.46. The molecule has 6 heteroatoms. The van der Waals surface area contributed by atoms with Crippen molar-refractivity contribution in [2.75, 3.05) is 18.5 Å². The Morgan fingerprint density at radius 3 is 2.85 bits per heavy atom. The molecule has 0 saturated carbocycles. The van der Waals surface area contributed by atoms with Gasteiger partial charge in [0.25, 0.3) is 5.69 Å². The number of fused-ring (bicyclic) bond motifs is 1. The fourth-order valence-electron chi connectivity index (χ4n) is 1.97. The number of nitrogens with zero attached hydrogens (tertiary/aromatic N) is 2. The van der Waals surface area contributed by atoms with Gasteiger partial charge in [-0.1, -0.05) is 0 Å². The molecular weight excluding hydrogens is 258 g/mol. The lowest BCUT2D eigenvalue weighted by atomic mass is 10.1. The molecule has 0 saturated heterocycles. The summed E-state index contributed by atoms with van der Waals surface area (Å²) < 4.78 is 5.45. The third kappa shape index (κ3) is 3.21. The minimum Gasteiger partial charge on any atom is -0.382 e. The van der Waals surface area contributed by atoms with Crippen molar-refractivity contribution in [1.82, 2.24) is 4.98 Å². The summed E-state index contributed by atoms with van der Waals surface area (Å²) in [5, 5.41) is 15.6. The lowest BCUT2D eigenvalue weighted by Crippen LogP contribution is -2.13. The number of aromatic nitrogens is 1. The van der Waals surface area contributed by atoms with E-state index in [0.29, 0.717) is 18.5 Å². The third-order valence-corrected chi connectivity index (χ3v) is 2.86. The molecule has 0 aliphatic heterocycles. The Morgan fingerprint density at radius 1 is 1.35 bits per heavy atom. The number of ether oxygens (including phenoxy) is 1. The number of hydrogen-bond acceptors (Lipinski definition) is 5. The molecule has 0 aliphatic rings. The summed E-state index contributed by atoms with van der Waals surface area (Å²) in [6, 6.07) is 4.87. The standard InChI is InChI=1S/C14H17N3O3/c1-10(2)20-8-7-16-13-3-4-14(17(18)19)11-5-6-15-9-12(11)13/h3-6,9-10,16H,7-8H2,1-2H3. The van der Waals surface area contributed by atoms with Gasteiger partial charge in [0.2, 0.25) is 0 Å². The van der Waals surface area contributed by atoms with Crippen molar-refractivity contribution in [3.8, 4) is 0 Å². The van der Waals surface area contributed by atoms with Crippen LogP contribution in [0.3, 0.4) is 0 Å². The predicted molar refractivity (Wildman–Crippen MR) is 78.0 cm³/mol. The zero-order chi connectivity index (χ0) is 14.5. The monoisotopic (exact) mass is 275 g/mol. The maximum absolute atomic E-state index is 11.0. The zero-order valence-corrected chi connectivity index (χ0v) is 11.5. The maximum atomic E-state index is 11.0. The highest BCUT2D eigenvalue weighted by Crippen LogP contribution is 2.30. The van der Waals surface area contributed by atoms with Crippen LogP contribution in [0.4, 0.5) is 11.4 Å². The number of nitro benzene ring substituents is 1. The fourth-order valence-corrected chi connectivity index (χ4v) is 1.97. The van der Waals surface area contributed by atoms with Gasteiger partial charge in [-0.05, 0) is 26.0 Å². The van der Waals surface area contributed by atoms with E-state index in [1.165, 1.54) is 6.07 Å². The van der Waals surface area contributed by atoms with E-state index in [9.17, 15) is 10.1 Å². The van der Waals surface area contributed by atoms with Crippen LogP contribution in [0.2, 0.25) is 0 Å². The molecule has 0 amide bonds. The van der Waals surface area contributed by atoms with Gasteiger partial charge < -0.3 is 10.1 Å². The summed E-state index contributed by atoms with van der Waals surface area (Å²) in [7, 11) is 0. The number of non-ortho nitro benzene ring substituents is 1. The van der Waals surface area contributed by atoms with Gasteiger partial charge in [0.1, 0.15) is 0 Å². The molecule has 0 bridgehead atoms. The van der Waals surface area contributed by atoms with E-state index < -0.39 is 0 Å². The van der Waals surface area contributed by atoms with E-state index in [4.69, 9.17) is 4.74 Å². The number of nitrogens with one attached hydrogen (secondary N) is 1. The molecule has 0 fully saturated rings. The van der Waals surface area contributed by atoms with Gasteiger partial charge in [0.05, 0.1) is 23.0 Å². The van der Waals surface area contributed by atoms with Crippen LogP contribution in [0.5, 0.6) is 0 Å². The molecular formula is C14H17N3O3. The second-order valence-corrected chi connectivity index (χ2v) is 4.66. The molecule has 20 heavy (non-hydrogen) atoms. The van der Waals surface area contributed by atoms with E-state index in [2.05, 4.69) is 10.3 Å². The molecule has 0 atom stereocenters. The first-order chi connectivity index (χ1) is 9.59. The van der Waals surface area contributed by atoms with E-state index in [1.54, 1.807) is 24.5 Å². The highest BCUT2D eigenvalue weighted by Gasteiger charge is 2.13. The highest BCUT2D eigenvalue weighted by atomic mass is 16.6. The zero-order valence-electron chi connectivity index (χ0n) is 11.5. The molecule has 0 unspecified atom stereocenters. The van der Waals surface area contributed by atoms with Crippen molar-refractivity contribution in [3.05, 3.63) is 40.7 Å². The van der Waals surface area contributed by atoms with Crippen molar-refractivity contribution in [3.63, 3.8) is 0 Å². The van der Waals surface area contributed by atoms with Crippen LogP contribution in [-0.4, -0.2) is 29.2 Å². The summed E-state index contributed by atoms with van der Waals surface area (Å²) in [5.41, 5.74) is 0.914. The highest BCUT2D eigenvalue weighted by molar-refractivity contribution is 5.99. The number of nitro groups is 1. The Kier molecular flexibility index (Phi) is 4.47. The second kappa shape index (κ2) is 6.29. The van der Waals surface area contributed by atoms with Gasteiger partial charge in [-0.15, -0.1) is 0 Å². The van der Waals surface area contributed by atoms with Crippen LogP contribution in [0.25, 0.3) is 10.8 Å². The quantitative estimate of drug-likeness (QED) is 0.498. The van der Waals surface area contributed by atoms with Gasteiger partial charge in [0, 0.05) is 36.1 Å². The maximum Gasteiger partial charge on any atom is 0.277 e. The van der Waals surface area contributed by atoms with Crippen LogP contribution in [-0.2, 0) is 4.74 Å². The summed E-state index contributed by atoms with van der Waals surface area (Å²) >= 11 is 0. The van der Waals surface area contributed by atoms with Crippen LogP contribution in [0, 0.1) is 10.1 Å². The first-order valence-corrected chi connectivity index (χ1v) is 6.46. The Morgan fingerprint density at radius 2 is 2.15 bits per heavy atom. The molecule has 1 N–H and O–H groups in total. The Labute approximate surface area is 116 Å². The number of benzene rings is 1. The van der Waals surface area contributed by atoms with Crippen molar-refractivity contribution < 1.29 is 9.66 Å². The molecule has 106 valence electrons. The topological polar surface area (TPSA) is 77.3 Å². The molecule has 2 rings (SSSR count). The molecule has 1 heterocycles. The van der Waals surface area contributed by atoms with Gasteiger partial charge >= 0.3 is 0 Å². The van der Waals surface area contributed by atoms with Crippen molar-refractivity contribution in [2.24, 2.45) is 0 Å². The summed E-state index contributed by atoms with van der Waals surface area (Å²) in [6.45, 7) is 5.17. The SMILES string of the molecule is CC(C)OCCNc1ccc([N+](=O)[O-])c2ccncc12. The number of rotatable bonds is 6. The normalized spacial score (nSPS) is 10.9. The van der Waals surface area contributed by atoms with Gasteiger partial charge in [-0.25, -0.2) is 0 Å². The Balaban J connectivity index is 2.22. The van der Waals surface area contributed by atoms with E-state index in [1.807, 2.05) is 13.8 Å². The van der Waals surface area contributed by atoms with Gasteiger partial charge in [-0.3, -0.25) is 15.1 Å². The second-order valence-electron chi connectivity index (χ2n) is 4.66. The van der Waals surface area contributed by atoms with Crippen molar-refractivity contribution >= 4 is 22.1 Å². The van der Waals surface area contributed by atoms with Gasteiger partial charge in [-0.2, -0.15) is 0 Å². The largest absolute Gasteiger partial charge is 0.382 e. The smallest absolute Gasteiger partial charge is 0.277 e. The molecule has 0 radical (unpaired) electrons. The average Bonchev–Trinajstić information content (AvgIpc) is 2.43. The van der Waals surface area contributed by atoms with E-state index >= 15 is 0 Å². The predicted octanol–water partition coefficient (Wildman–Crippen LogP) is 2.98. The summed E-state index contributed by atoms with van der Waals surface area (Å²) in [6.07, 6.45) is 3.38. The molecule has 0 aliphatic carbocycles. The van der Waals surface area contributed by atoms with E-state index in [-0.39, 0.29) is 16.7 Å². The molecule has 0 spiro atoms. The number of pyridine rings is 1. The molecule has 6 nitrogen and oxygen atoms in total. The summed E-state index contributed by atoms with van der Waals surface area (Å²) in [4.78, 5) is 14.7. The van der Waals surface area contributed by atoms with Crippen LogP contribution >= 0.6 is 0 Å². The lowest BCUT2D eigenvalue weighted by Gasteiger charge is -2.11. The van der Waals surface area contributed by atoms with E-state index in [0.717, 1.165) is 11.1 Å². The third-order valence-electron chi connectivity index (χ3n) is 2.86. The van der Waals surface area contributed by atoms with Gasteiger partial charge in [0.15, 0.2) is 0 Å². The van der Waals surface area contributed by atoms with Crippen LogP contribution < -0.4 is 5.32 Å². The minimum atomic E-state index is -0.381. The Hall–Kier alpha value is -2.21. The average molecular weight is 275 g/mol. The Bertz CT molecular complexity index is 614. The summed E-state index contributed by atoms with van der Waals surface area (Å²) in [5.74, 6) is 0. The van der Waals surface area contributed by atoms with Crippen molar-refractivity contribution in [2.45, 2.75) is 20.0 Å². The van der Waals surface area contributed by atoms with Crippen LogP contribution in [0.1, 0.15) is 13.8 Å². The number of anilines is 1. The molecule has 1 aromatic heterocycles. The van der Waals surface area contributed by atoms with Crippen LogP contribution in [0.15, 0.2) is 30.6 Å². The van der Waals surface area contributed by atoms with Crippen molar-refractivity contribution in [1.29, 1.82) is 0 Å². The molecule has 2 aromatic rings. The minimum absolute atomic E-state index is 0.0892. The molecule has 1 aromatic carbocycles. The first kappa shape index (κ1) is 14.2. The number of hydrogen-bond donors (Lipinski definition) is 1.